The lowest BCUT2D eigenvalue weighted by Gasteiger charge is -2.45. The van der Waals surface area contributed by atoms with Crippen molar-refractivity contribution in [2.24, 2.45) is 0 Å². The molecule has 2 aliphatic carbocycles. The highest BCUT2D eigenvalue weighted by Gasteiger charge is 2.46. The smallest absolute Gasteiger partial charge is 0.121 e. The highest BCUT2D eigenvalue weighted by Crippen LogP contribution is 2.52. The minimum Gasteiger partial charge on any atom is -0.365 e. The Balaban J connectivity index is 1.43. The molecule has 4 aromatic carbocycles. The number of benzene rings is 4. The number of hydrogen-bond donors (Lipinski definition) is 0. The fourth-order valence-electron chi connectivity index (χ4n) is 5.95. The highest BCUT2D eigenvalue weighted by molar-refractivity contribution is 5.81. The van der Waals surface area contributed by atoms with E-state index in [2.05, 4.69) is 84.9 Å². The number of ether oxygens (including phenoxy) is 1. The van der Waals surface area contributed by atoms with Crippen molar-refractivity contribution in [3.8, 4) is 22.3 Å². The number of hydrogen-bond acceptors (Lipinski definition) is 1. The van der Waals surface area contributed by atoms with Crippen molar-refractivity contribution in [1.82, 2.24) is 0 Å². The van der Waals surface area contributed by atoms with Crippen LogP contribution in [-0.4, -0.2) is 6.61 Å². The molecule has 1 aliphatic heterocycles. The summed E-state index contributed by atoms with van der Waals surface area (Å²) in [5.41, 5.74) is 13.7. The van der Waals surface area contributed by atoms with E-state index in [1.807, 2.05) is 0 Å². The molecule has 144 valence electrons. The van der Waals surface area contributed by atoms with Gasteiger partial charge in [-0.05, 0) is 68.5 Å². The standard InChI is InChI=1S/C29H22O/c1-3-9-21-19(7-1)17-25-23(21)11-5-13-27(25)29(15-16-30-29)28-14-6-12-24-22-10-4-2-8-20(22)18-26(24)28/h1-14H,15-18H2. The van der Waals surface area contributed by atoms with Gasteiger partial charge in [0.25, 0.3) is 0 Å². The molecule has 0 saturated carbocycles. The van der Waals surface area contributed by atoms with Gasteiger partial charge in [-0.2, -0.15) is 0 Å². The Morgan fingerprint density at radius 2 is 1.00 bits per heavy atom. The van der Waals surface area contributed by atoms with Gasteiger partial charge in [0, 0.05) is 6.42 Å². The molecular formula is C29H22O. The van der Waals surface area contributed by atoms with Crippen molar-refractivity contribution >= 4 is 0 Å². The van der Waals surface area contributed by atoms with Gasteiger partial charge in [0.1, 0.15) is 5.60 Å². The summed E-state index contributed by atoms with van der Waals surface area (Å²) >= 11 is 0. The third-order valence-electron chi connectivity index (χ3n) is 7.37. The molecule has 1 saturated heterocycles. The van der Waals surface area contributed by atoms with E-state index in [0.717, 1.165) is 25.9 Å². The molecule has 0 aromatic heterocycles. The van der Waals surface area contributed by atoms with E-state index in [1.165, 1.54) is 55.6 Å². The molecule has 0 N–H and O–H groups in total. The Bertz CT molecular complexity index is 1230. The minimum absolute atomic E-state index is 0.319. The largest absolute Gasteiger partial charge is 0.365 e. The minimum atomic E-state index is -0.319. The molecule has 0 amide bonds. The molecule has 1 heterocycles. The van der Waals surface area contributed by atoms with Gasteiger partial charge in [-0.25, -0.2) is 0 Å². The first-order valence-corrected chi connectivity index (χ1v) is 10.9. The highest BCUT2D eigenvalue weighted by atomic mass is 16.5. The van der Waals surface area contributed by atoms with Gasteiger partial charge in [-0.3, -0.25) is 0 Å². The van der Waals surface area contributed by atoms with Crippen molar-refractivity contribution in [1.29, 1.82) is 0 Å². The summed E-state index contributed by atoms with van der Waals surface area (Å²) in [6.07, 6.45) is 3.05. The van der Waals surface area contributed by atoms with Crippen LogP contribution in [0, 0.1) is 0 Å². The predicted molar refractivity (Wildman–Crippen MR) is 121 cm³/mol. The van der Waals surface area contributed by atoms with Crippen molar-refractivity contribution in [3.05, 3.63) is 118 Å². The molecule has 1 nitrogen and oxygen atoms in total. The van der Waals surface area contributed by atoms with E-state index >= 15 is 0 Å². The zero-order valence-corrected chi connectivity index (χ0v) is 16.8. The maximum absolute atomic E-state index is 6.54. The number of fused-ring (bicyclic) bond motifs is 6. The molecule has 3 aliphatic rings. The molecule has 1 fully saturated rings. The second kappa shape index (κ2) is 5.93. The Morgan fingerprint density at radius 3 is 1.47 bits per heavy atom. The van der Waals surface area contributed by atoms with Crippen LogP contribution in [0.25, 0.3) is 22.3 Å². The molecule has 4 aromatic rings. The van der Waals surface area contributed by atoms with Crippen LogP contribution in [0.15, 0.2) is 84.9 Å². The maximum atomic E-state index is 6.54. The lowest BCUT2D eigenvalue weighted by Crippen LogP contribution is -2.43. The molecular weight excluding hydrogens is 364 g/mol. The fourth-order valence-corrected chi connectivity index (χ4v) is 5.95. The normalized spacial score (nSPS) is 16.9. The zero-order valence-electron chi connectivity index (χ0n) is 16.8. The SMILES string of the molecule is c1ccc2c(c1)Cc1c-2cccc1C1(c2cccc3c2Cc2ccccc2-3)CCO1. The van der Waals surface area contributed by atoms with Crippen LogP contribution >= 0.6 is 0 Å². The van der Waals surface area contributed by atoms with Gasteiger partial charge < -0.3 is 4.74 Å². The van der Waals surface area contributed by atoms with Gasteiger partial charge in [-0.15, -0.1) is 0 Å². The van der Waals surface area contributed by atoms with Crippen LogP contribution in [0.5, 0.6) is 0 Å². The van der Waals surface area contributed by atoms with Gasteiger partial charge in [0.2, 0.25) is 0 Å². The summed E-state index contributed by atoms with van der Waals surface area (Å²) in [4.78, 5) is 0. The van der Waals surface area contributed by atoms with E-state index in [0.29, 0.717) is 0 Å². The van der Waals surface area contributed by atoms with E-state index < -0.39 is 0 Å². The molecule has 0 bridgehead atoms. The van der Waals surface area contributed by atoms with Gasteiger partial charge in [0.15, 0.2) is 0 Å². The van der Waals surface area contributed by atoms with E-state index in [9.17, 15) is 0 Å². The van der Waals surface area contributed by atoms with E-state index in [4.69, 9.17) is 4.74 Å². The first-order valence-electron chi connectivity index (χ1n) is 10.9. The second-order valence-electron chi connectivity index (χ2n) is 8.76. The fraction of sp³-hybridized carbons (Fsp3) is 0.172. The molecule has 1 heteroatoms. The zero-order chi connectivity index (χ0) is 19.7. The van der Waals surface area contributed by atoms with E-state index in [-0.39, 0.29) is 5.60 Å². The third-order valence-corrected chi connectivity index (χ3v) is 7.37. The summed E-state index contributed by atoms with van der Waals surface area (Å²) in [6.45, 7) is 0.827. The predicted octanol–water partition coefficient (Wildman–Crippen LogP) is 6.49. The monoisotopic (exact) mass is 386 g/mol. The summed E-state index contributed by atoms with van der Waals surface area (Å²) in [5, 5.41) is 0. The van der Waals surface area contributed by atoms with E-state index in [1.54, 1.807) is 0 Å². The molecule has 7 rings (SSSR count). The average molecular weight is 386 g/mol. The first kappa shape index (κ1) is 16.6. The van der Waals surface area contributed by atoms with Gasteiger partial charge >= 0.3 is 0 Å². The van der Waals surface area contributed by atoms with Crippen molar-refractivity contribution in [2.45, 2.75) is 24.9 Å². The summed E-state index contributed by atoms with van der Waals surface area (Å²) in [7, 11) is 0. The first-order chi connectivity index (χ1) is 14.9. The van der Waals surface area contributed by atoms with Crippen molar-refractivity contribution < 1.29 is 4.74 Å². The summed E-state index contributed by atoms with van der Waals surface area (Å²) in [5.74, 6) is 0. The lowest BCUT2D eigenvalue weighted by atomic mass is 9.74. The van der Waals surface area contributed by atoms with Crippen LogP contribution in [0.3, 0.4) is 0 Å². The molecule has 0 unspecified atom stereocenters. The second-order valence-corrected chi connectivity index (χ2v) is 8.76. The Labute approximate surface area is 177 Å². The van der Waals surface area contributed by atoms with Gasteiger partial charge in [-0.1, -0.05) is 84.9 Å². The van der Waals surface area contributed by atoms with Crippen molar-refractivity contribution in [2.75, 3.05) is 6.61 Å². The van der Waals surface area contributed by atoms with Crippen LogP contribution < -0.4 is 0 Å². The average Bonchev–Trinajstić information content (AvgIpc) is 3.32. The Morgan fingerprint density at radius 1 is 0.533 bits per heavy atom. The molecule has 30 heavy (non-hydrogen) atoms. The quantitative estimate of drug-likeness (QED) is 0.330. The van der Waals surface area contributed by atoms with Crippen LogP contribution in [0.1, 0.15) is 39.8 Å². The topological polar surface area (TPSA) is 9.23 Å². The number of rotatable bonds is 2. The molecule has 0 spiro atoms. The van der Waals surface area contributed by atoms with Crippen LogP contribution in [0.4, 0.5) is 0 Å². The Kier molecular flexibility index (Phi) is 3.29. The molecule has 0 radical (unpaired) electrons. The van der Waals surface area contributed by atoms with Gasteiger partial charge in [0.05, 0.1) is 6.61 Å². The van der Waals surface area contributed by atoms with Crippen molar-refractivity contribution in [3.63, 3.8) is 0 Å². The lowest BCUT2D eigenvalue weighted by molar-refractivity contribution is -0.124. The maximum Gasteiger partial charge on any atom is 0.121 e. The molecule has 0 atom stereocenters. The van der Waals surface area contributed by atoms with Crippen LogP contribution in [-0.2, 0) is 23.2 Å². The Hall–Kier alpha value is -3.16. The summed E-state index contributed by atoms with van der Waals surface area (Å²) < 4.78 is 6.54. The summed E-state index contributed by atoms with van der Waals surface area (Å²) in [6, 6.07) is 31.3. The third kappa shape index (κ3) is 2.06. The van der Waals surface area contributed by atoms with Crippen LogP contribution in [0.2, 0.25) is 0 Å².